The molecule has 2 heterocycles. The van der Waals surface area contributed by atoms with Crippen LogP contribution in [0.1, 0.15) is 33.4 Å². The summed E-state index contributed by atoms with van der Waals surface area (Å²) in [7, 11) is 0. The van der Waals surface area contributed by atoms with Gasteiger partial charge < -0.3 is 4.57 Å². The number of aromatic nitrogens is 3. The molecule has 11 aromatic rings. The summed E-state index contributed by atoms with van der Waals surface area (Å²) in [5.41, 5.74) is 15.0. The Morgan fingerprint density at radius 2 is 0.712 bits per heavy atom. The quantitative estimate of drug-likeness (QED) is 0.145. The zero-order valence-corrected chi connectivity index (χ0v) is 38.6. The smallest absolute Gasteiger partial charge is 0.160 e. The highest BCUT2D eigenvalue weighted by molar-refractivity contribution is 6.13. The third-order valence-corrected chi connectivity index (χ3v) is 13.0. The zero-order chi connectivity index (χ0) is 50.0. The lowest BCUT2D eigenvalue weighted by Gasteiger charge is -2.21. The van der Waals surface area contributed by atoms with Crippen molar-refractivity contribution in [2.45, 2.75) is 0 Å². The molecule has 0 aliphatic carbocycles. The fraction of sp³-hybridized carbons (Fsp3) is 0. The van der Waals surface area contributed by atoms with E-state index in [0.717, 1.165) is 83.3 Å². The summed E-state index contributed by atoms with van der Waals surface area (Å²) in [6, 6.07) is 76.8. The van der Waals surface area contributed by atoms with Gasteiger partial charge in [-0.2, -0.15) is 31.6 Å². The molecule has 0 fully saturated rings. The number of hydrogen-bond donors (Lipinski definition) is 0. The maximum Gasteiger partial charge on any atom is 0.160 e. The van der Waals surface area contributed by atoms with Gasteiger partial charge in [-0.05, 0) is 124 Å². The number of fused-ring (bicyclic) bond motifs is 3. The Morgan fingerprint density at radius 3 is 1.15 bits per heavy atom. The van der Waals surface area contributed by atoms with Crippen LogP contribution < -0.4 is 0 Å². The van der Waals surface area contributed by atoms with Crippen LogP contribution in [0.5, 0.6) is 0 Å². The van der Waals surface area contributed by atoms with Crippen molar-refractivity contribution in [3.8, 4) is 121 Å². The van der Waals surface area contributed by atoms with E-state index < -0.39 is 0 Å². The Labute approximate surface area is 420 Å². The maximum absolute atomic E-state index is 10.3. The lowest BCUT2D eigenvalue weighted by Crippen LogP contribution is -2.03. The molecule has 0 atom stereocenters. The first-order valence-corrected chi connectivity index (χ1v) is 23.1. The van der Waals surface area contributed by atoms with Gasteiger partial charge in [0, 0.05) is 38.6 Å². The highest BCUT2D eigenvalue weighted by atomic mass is 15.0. The summed E-state index contributed by atoms with van der Waals surface area (Å²) in [6.45, 7) is 0. The van der Waals surface area contributed by atoms with Crippen LogP contribution in [0.3, 0.4) is 0 Å². The van der Waals surface area contributed by atoms with Crippen LogP contribution in [-0.2, 0) is 0 Å². The Hall–Kier alpha value is -11.2. The molecule has 9 heteroatoms. The van der Waals surface area contributed by atoms with Crippen molar-refractivity contribution in [3.63, 3.8) is 0 Å². The molecule has 9 aromatic carbocycles. The molecule has 0 saturated heterocycles. The van der Waals surface area contributed by atoms with E-state index in [9.17, 15) is 31.6 Å². The van der Waals surface area contributed by atoms with Crippen molar-refractivity contribution < 1.29 is 0 Å². The van der Waals surface area contributed by atoms with Gasteiger partial charge in [0.15, 0.2) is 5.82 Å². The predicted octanol–water partition coefficient (Wildman–Crippen LogP) is 14.5. The Morgan fingerprint density at radius 1 is 0.301 bits per heavy atom. The predicted molar refractivity (Wildman–Crippen MR) is 283 cm³/mol. The first-order valence-electron chi connectivity index (χ1n) is 23.1. The van der Waals surface area contributed by atoms with Crippen LogP contribution in [-0.4, -0.2) is 14.5 Å². The molecular weight excluding hydrogens is 895 g/mol. The molecule has 73 heavy (non-hydrogen) atoms. The van der Waals surface area contributed by atoms with E-state index in [0.29, 0.717) is 56.0 Å². The highest BCUT2D eigenvalue weighted by Gasteiger charge is 2.24. The average molecular weight is 928 g/mol. The van der Waals surface area contributed by atoms with Crippen molar-refractivity contribution in [2.75, 3.05) is 0 Å². The SMILES string of the molecule is N#Cc1ccc(-c2cc(-c3cc(-c4ccccc4)nc(-c4ccccc4)n3)cc(-c3ccc(C#N)cc3)c2-n2c3ccc(-c4ccc(C#N)cc4C#N)cc3c3cc(-c4ccc(C#N)cc4C#N)ccc32)cc1. The number of rotatable bonds is 8. The summed E-state index contributed by atoms with van der Waals surface area (Å²) in [6.07, 6.45) is 0. The Bertz CT molecular complexity index is 4030. The number of hydrogen-bond acceptors (Lipinski definition) is 8. The Balaban J connectivity index is 1.27. The largest absolute Gasteiger partial charge is 0.308 e. The molecule has 0 N–H and O–H groups in total. The summed E-state index contributed by atoms with van der Waals surface area (Å²) >= 11 is 0. The number of nitrogens with zero attached hydrogens (tertiary/aromatic N) is 9. The van der Waals surface area contributed by atoms with Crippen LogP contribution in [0.25, 0.3) is 106 Å². The molecule has 11 rings (SSSR count). The zero-order valence-electron chi connectivity index (χ0n) is 38.6. The van der Waals surface area contributed by atoms with Gasteiger partial charge in [0.25, 0.3) is 0 Å². The van der Waals surface area contributed by atoms with Crippen LogP contribution in [0.4, 0.5) is 0 Å². The molecule has 0 saturated carbocycles. The molecule has 0 amide bonds. The second-order valence-electron chi connectivity index (χ2n) is 17.3. The minimum atomic E-state index is 0.358. The van der Waals surface area contributed by atoms with Crippen LogP contribution in [0, 0.1) is 68.0 Å². The molecule has 0 radical (unpaired) electrons. The van der Waals surface area contributed by atoms with E-state index in [1.807, 2.05) is 115 Å². The van der Waals surface area contributed by atoms with E-state index in [2.05, 4.69) is 65.2 Å². The topological polar surface area (TPSA) is 173 Å². The van der Waals surface area contributed by atoms with Crippen LogP contribution in [0.2, 0.25) is 0 Å². The van der Waals surface area contributed by atoms with Crippen LogP contribution in [0.15, 0.2) is 200 Å². The van der Waals surface area contributed by atoms with Crippen molar-refractivity contribution >= 4 is 21.8 Å². The fourth-order valence-electron chi connectivity index (χ4n) is 9.50. The highest BCUT2D eigenvalue weighted by Crippen LogP contribution is 2.46. The minimum Gasteiger partial charge on any atom is -0.308 e. The van der Waals surface area contributed by atoms with Gasteiger partial charge in [-0.15, -0.1) is 0 Å². The lowest BCUT2D eigenvalue weighted by atomic mass is 9.91. The number of benzene rings is 9. The first kappa shape index (κ1) is 44.3. The van der Waals surface area contributed by atoms with Gasteiger partial charge in [0.2, 0.25) is 0 Å². The molecule has 0 aliphatic rings. The molecule has 9 nitrogen and oxygen atoms in total. The van der Waals surface area contributed by atoms with Crippen molar-refractivity contribution in [1.29, 1.82) is 31.6 Å². The van der Waals surface area contributed by atoms with Crippen molar-refractivity contribution in [3.05, 3.63) is 234 Å². The molecule has 0 bridgehead atoms. The number of nitriles is 6. The normalized spacial score (nSPS) is 10.7. The third kappa shape index (κ3) is 8.13. The maximum atomic E-state index is 10.3. The van der Waals surface area contributed by atoms with Gasteiger partial charge >= 0.3 is 0 Å². The average Bonchev–Trinajstić information content (AvgIpc) is 3.79. The summed E-state index contributed by atoms with van der Waals surface area (Å²) in [5.74, 6) is 0.554. The van der Waals surface area contributed by atoms with Crippen LogP contribution >= 0.6 is 0 Å². The summed E-state index contributed by atoms with van der Waals surface area (Å²) < 4.78 is 2.22. The molecular formula is C64H33N9. The second kappa shape index (κ2) is 18.7. The van der Waals surface area contributed by atoms with E-state index in [-0.39, 0.29) is 0 Å². The van der Waals surface area contributed by atoms with E-state index >= 15 is 0 Å². The molecule has 2 aromatic heterocycles. The molecule has 0 aliphatic heterocycles. The van der Waals surface area contributed by atoms with Gasteiger partial charge in [-0.1, -0.05) is 109 Å². The second-order valence-corrected chi connectivity index (χ2v) is 17.3. The first-order chi connectivity index (χ1) is 35.9. The van der Waals surface area contributed by atoms with Gasteiger partial charge in [0.1, 0.15) is 0 Å². The monoisotopic (exact) mass is 927 g/mol. The standard InChI is InChI=1S/C64H33N9/c65-34-40-11-17-44(18-12-40)55-31-50(60-33-59(46-7-3-1-4-8-46)71-64(72-60)47-9-5-2-6-10-47)32-56(45-19-13-41(35-66)14-20-45)63(55)73-61-25-21-48(53-23-15-42(36-67)27-51(53)38-69)29-57(61)58-30-49(22-26-62(58)73)54-24-16-43(37-68)28-52(54)39-70/h1-33H. The summed E-state index contributed by atoms with van der Waals surface area (Å²) in [4.78, 5) is 10.3. The van der Waals surface area contributed by atoms with E-state index in [1.165, 1.54) is 0 Å². The molecule has 0 spiro atoms. The van der Waals surface area contributed by atoms with Crippen molar-refractivity contribution in [1.82, 2.24) is 14.5 Å². The van der Waals surface area contributed by atoms with Gasteiger partial charge in [-0.3, -0.25) is 0 Å². The summed E-state index contributed by atoms with van der Waals surface area (Å²) in [5, 5.41) is 61.7. The van der Waals surface area contributed by atoms with E-state index in [1.54, 1.807) is 60.7 Å². The van der Waals surface area contributed by atoms with Crippen molar-refractivity contribution in [2.24, 2.45) is 0 Å². The van der Waals surface area contributed by atoms with Gasteiger partial charge in [-0.25, -0.2) is 9.97 Å². The fourth-order valence-corrected chi connectivity index (χ4v) is 9.50. The molecule has 334 valence electrons. The van der Waals surface area contributed by atoms with E-state index in [4.69, 9.17) is 9.97 Å². The Kier molecular flexibility index (Phi) is 11.4. The van der Waals surface area contributed by atoms with Gasteiger partial charge in [0.05, 0.1) is 97.9 Å². The molecule has 0 unspecified atom stereocenters. The lowest BCUT2D eigenvalue weighted by molar-refractivity contribution is 1.17. The third-order valence-electron chi connectivity index (χ3n) is 13.0. The minimum absolute atomic E-state index is 0.358.